The number of hydrogen-bond donors (Lipinski definition) is 0. The molecular weight excluding hydrogens is 502 g/mol. The molecular formula is C31H27FeN3O2+2. The molecule has 1 atom stereocenters. The summed E-state index contributed by atoms with van der Waals surface area (Å²) in [6, 6.07) is 18.6. The third-order valence-electron chi connectivity index (χ3n) is 6.37. The van der Waals surface area contributed by atoms with Crippen molar-refractivity contribution in [2.24, 2.45) is 0 Å². The van der Waals surface area contributed by atoms with E-state index in [4.69, 9.17) is 0 Å². The molecule has 5 nitrogen and oxygen atoms in total. The van der Waals surface area contributed by atoms with E-state index in [-0.39, 0.29) is 28.4 Å². The summed E-state index contributed by atoms with van der Waals surface area (Å²) in [5, 5.41) is 0. The maximum atomic E-state index is 13.6. The van der Waals surface area contributed by atoms with Crippen molar-refractivity contribution in [3.63, 3.8) is 0 Å². The smallest absolute Gasteiger partial charge is 0.245 e. The van der Waals surface area contributed by atoms with Crippen LogP contribution in [-0.4, -0.2) is 13.9 Å². The molecule has 2 aromatic carbocycles. The first-order chi connectivity index (χ1) is 17.6. The van der Waals surface area contributed by atoms with Crippen molar-refractivity contribution in [2.75, 3.05) is 0 Å². The number of rotatable bonds is 4. The molecule has 0 amide bonds. The number of nitrogens with zero attached hydrogens (tertiary/aromatic N) is 3. The first kappa shape index (κ1) is 27.2. The van der Waals surface area contributed by atoms with Crippen molar-refractivity contribution in [1.29, 1.82) is 0 Å². The fourth-order valence-electron chi connectivity index (χ4n) is 4.79. The van der Waals surface area contributed by atoms with Gasteiger partial charge in [0.2, 0.25) is 0 Å². The first-order valence-electron chi connectivity index (χ1n) is 11.9. The number of para-hydroxylation sites is 1. The summed E-state index contributed by atoms with van der Waals surface area (Å²) >= 11 is 0. The van der Waals surface area contributed by atoms with Gasteiger partial charge in [0.05, 0.1) is 18.3 Å². The number of fused-ring (bicyclic) bond motifs is 1. The van der Waals surface area contributed by atoms with E-state index in [0.717, 1.165) is 28.2 Å². The minimum Gasteiger partial charge on any atom is -0.245 e. The number of aromatic nitrogens is 3. The Hall–Kier alpha value is -2.82. The minimum absolute atomic E-state index is 0. The normalized spacial score (nSPS) is 19.1. The van der Waals surface area contributed by atoms with Crippen LogP contribution < -0.4 is 11.4 Å². The number of benzene rings is 2. The van der Waals surface area contributed by atoms with Crippen LogP contribution in [-0.2, 0) is 23.6 Å². The van der Waals surface area contributed by atoms with Gasteiger partial charge in [-0.05, 0) is 93.6 Å². The molecule has 2 heterocycles. The van der Waals surface area contributed by atoms with Crippen LogP contribution in [0.5, 0.6) is 0 Å². The first-order valence-corrected chi connectivity index (χ1v) is 11.9. The second kappa shape index (κ2) is 12.1. The van der Waals surface area contributed by atoms with E-state index in [1.165, 1.54) is 4.57 Å². The molecule has 37 heavy (non-hydrogen) atoms. The molecule has 0 bridgehead atoms. The van der Waals surface area contributed by atoms with E-state index in [1.807, 2.05) is 113 Å². The van der Waals surface area contributed by atoms with E-state index in [0.29, 0.717) is 12.2 Å². The van der Waals surface area contributed by atoms with Gasteiger partial charge in [-0.25, -0.2) is 23.5 Å². The summed E-state index contributed by atoms with van der Waals surface area (Å²) in [5.41, 5.74) is 3.75. The SMILES string of the molecule is C=C(C)C1=C(c2ccccc2)Cn2c(=O)n(-c3ccccc3)c(=O)n2C1[C]1[CH][CH][CH][CH]1.[CH]1[CH][CH][CH][CH]1.[Fe+2]. The minimum atomic E-state index is -0.429. The van der Waals surface area contributed by atoms with Crippen LogP contribution in [0.25, 0.3) is 11.3 Å². The van der Waals surface area contributed by atoms with Gasteiger partial charge in [0.1, 0.15) is 0 Å². The van der Waals surface area contributed by atoms with E-state index in [1.54, 1.807) is 21.5 Å². The average molecular weight is 529 g/mol. The van der Waals surface area contributed by atoms with Gasteiger partial charge >= 0.3 is 28.4 Å². The van der Waals surface area contributed by atoms with Crippen LogP contribution in [0.4, 0.5) is 0 Å². The molecule has 1 aliphatic heterocycles. The van der Waals surface area contributed by atoms with Gasteiger partial charge in [-0.15, -0.1) is 0 Å². The average Bonchev–Trinajstić information content (AvgIpc) is 3.69. The predicted octanol–water partition coefficient (Wildman–Crippen LogP) is 4.81. The standard InChI is InChI=1S/C26H22N3O2.C5H5.Fe/c1-18(2)23-22(19-11-5-3-6-12-19)17-27-25(30)28(21-15-7-4-8-16-21)26(31)29(27)24(23)20-13-9-10-14-20;1-2-4-5-3-1;/h3-16,24H,1,17H2,2H3;1-5H;/q;;+2. The van der Waals surface area contributed by atoms with Gasteiger partial charge in [-0.2, -0.15) is 0 Å². The molecule has 3 aliphatic rings. The maximum Gasteiger partial charge on any atom is 2.00 e. The zero-order chi connectivity index (χ0) is 25.1. The van der Waals surface area contributed by atoms with Crippen molar-refractivity contribution in [2.45, 2.75) is 19.5 Å². The fraction of sp³-hybridized carbons (Fsp3) is 0.0968. The molecule has 2 aliphatic carbocycles. The van der Waals surface area contributed by atoms with Gasteiger partial charge < -0.3 is 0 Å². The molecule has 0 N–H and O–H groups in total. The van der Waals surface area contributed by atoms with Crippen LogP contribution in [0.1, 0.15) is 18.5 Å². The van der Waals surface area contributed by atoms with Crippen LogP contribution in [0.2, 0.25) is 0 Å². The van der Waals surface area contributed by atoms with Gasteiger partial charge in [-0.3, -0.25) is 0 Å². The number of allylic oxidation sites excluding steroid dienone is 3. The van der Waals surface area contributed by atoms with Crippen molar-refractivity contribution in [3.05, 3.63) is 169 Å². The summed E-state index contributed by atoms with van der Waals surface area (Å²) in [6.07, 6.45) is 17.9. The Morgan fingerprint density at radius 1 is 0.784 bits per heavy atom. The van der Waals surface area contributed by atoms with Crippen molar-refractivity contribution >= 4 is 5.57 Å². The summed E-state index contributed by atoms with van der Waals surface area (Å²) in [6.45, 7) is 6.50. The second-order valence-electron chi connectivity index (χ2n) is 8.76. The summed E-state index contributed by atoms with van der Waals surface area (Å²) in [7, 11) is 0. The van der Waals surface area contributed by atoms with E-state index in [2.05, 4.69) is 6.58 Å². The molecule has 1 aromatic heterocycles. The van der Waals surface area contributed by atoms with Crippen molar-refractivity contribution in [3.8, 4) is 5.69 Å². The van der Waals surface area contributed by atoms with Crippen LogP contribution in [0, 0.1) is 63.7 Å². The molecule has 10 radical (unpaired) electrons. The molecule has 3 aromatic rings. The Morgan fingerprint density at radius 2 is 1.32 bits per heavy atom. The van der Waals surface area contributed by atoms with Gasteiger partial charge in [0, 0.05) is 5.92 Å². The Labute approximate surface area is 230 Å². The summed E-state index contributed by atoms with van der Waals surface area (Å²) in [4.78, 5) is 27.1. The summed E-state index contributed by atoms with van der Waals surface area (Å²) in [5.74, 6) is 0.951. The maximum absolute atomic E-state index is 13.6. The largest absolute Gasteiger partial charge is 2.00 e. The molecule has 184 valence electrons. The molecule has 0 saturated heterocycles. The van der Waals surface area contributed by atoms with Gasteiger partial charge in [-0.1, -0.05) is 60.7 Å². The topological polar surface area (TPSA) is 48.9 Å². The Kier molecular flexibility index (Phi) is 8.94. The van der Waals surface area contributed by atoms with E-state index < -0.39 is 6.04 Å². The third kappa shape index (κ3) is 5.42. The molecule has 6 rings (SSSR count). The quantitative estimate of drug-likeness (QED) is 0.456. The van der Waals surface area contributed by atoms with Crippen LogP contribution in [0.15, 0.2) is 88.0 Å². The van der Waals surface area contributed by atoms with Crippen molar-refractivity contribution in [1.82, 2.24) is 13.9 Å². The monoisotopic (exact) mass is 529 g/mol. The number of hydrogen-bond acceptors (Lipinski definition) is 2. The molecule has 2 fully saturated rings. The van der Waals surface area contributed by atoms with E-state index in [9.17, 15) is 9.59 Å². The Bertz CT molecular complexity index is 1350. The van der Waals surface area contributed by atoms with Crippen LogP contribution in [0.3, 0.4) is 0 Å². The Balaban J connectivity index is 0.000000479. The van der Waals surface area contributed by atoms with Crippen molar-refractivity contribution < 1.29 is 17.1 Å². The second-order valence-corrected chi connectivity index (χ2v) is 8.76. The van der Waals surface area contributed by atoms with Gasteiger partial charge in [0.25, 0.3) is 0 Å². The molecule has 2 saturated carbocycles. The fourth-order valence-corrected chi connectivity index (χ4v) is 4.79. The zero-order valence-corrected chi connectivity index (χ0v) is 21.6. The molecule has 1 unspecified atom stereocenters. The van der Waals surface area contributed by atoms with Crippen LogP contribution >= 0.6 is 0 Å². The molecule has 6 heteroatoms. The van der Waals surface area contributed by atoms with E-state index >= 15 is 0 Å². The Morgan fingerprint density at radius 3 is 1.86 bits per heavy atom. The van der Waals surface area contributed by atoms with Gasteiger partial charge in [0.15, 0.2) is 0 Å². The predicted molar refractivity (Wildman–Crippen MR) is 143 cm³/mol. The zero-order valence-electron chi connectivity index (χ0n) is 20.5. The molecule has 0 spiro atoms. The summed E-state index contributed by atoms with van der Waals surface area (Å²) < 4.78 is 4.39. The third-order valence-corrected chi connectivity index (χ3v) is 6.37.